The standard InChI is InChI=1S/C36H70/c1-3-5-7-9-11-13-15-17-19-21-23-25-27-29-31-33-35-36-34-32-30-28-26-24-22-20-18-16-14-12-10-8-6-4-2/h11,13,17,19H,3-10,12,14-16,18,20-36H2,1-2H3. The molecule has 0 saturated heterocycles. The highest BCUT2D eigenvalue weighted by Crippen LogP contribution is 2.16. The highest BCUT2D eigenvalue weighted by molar-refractivity contribution is 4.92. The largest absolute Gasteiger partial charge is 0.0882 e. The van der Waals surface area contributed by atoms with Crippen molar-refractivity contribution in [1.29, 1.82) is 0 Å². The first-order valence-electron chi connectivity index (χ1n) is 17.2. The molecular weight excluding hydrogens is 432 g/mol. The Balaban J connectivity index is 3.08. The first-order chi connectivity index (χ1) is 17.9. The SMILES string of the molecule is CCCCCC=CCC=CCCCCCCCCCCCCCCCCCCCCCCCCCC. The molecule has 0 rings (SSSR count). The Bertz CT molecular complexity index is 418. The molecule has 0 aliphatic rings. The topological polar surface area (TPSA) is 0 Å². The van der Waals surface area contributed by atoms with E-state index < -0.39 is 0 Å². The van der Waals surface area contributed by atoms with Gasteiger partial charge < -0.3 is 0 Å². The van der Waals surface area contributed by atoms with Gasteiger partial charge in [-0.2, -0.15) is 0 Å². The molecule has 0 atom stereocenters. The molecule has 0 N–H and O–H groups in total. The molecule has 214 valence electrons. The second kappa shape index (κ2) is 34.5. The van der Waals surface area contributed by atoms with Gasteiger partial charge in [0.15, 0.2) is 0 Å². The summed E-state index contributed by atoms with van der Waals surface area (Å²) in [5, 5.41) is 0. The van der Waals surface area contributed by atoms with Gasteiger partial charge in [-0.05, 0) is 32.1 Å². The zero-order chi connectivity index (χ0) is 26.0. The lowest BCUT2D eigenvalue weighted by molar-refractivity contribution is 0.517. The Morgan fingerprint density at radius 1 is 0.250 bits per heavy atom. The molecule has 0 aliphatic heterocycles. The first kappa shape index (κ1) is 35.5. The minimum atomic E-state index is 1.13. The quantitative estimate of drug-likeness (QED) is 0.0653. The van der Waals surface area contributed by atoms with E-state index in [1.807, 2.05) is 0 Å². The third kappa shape index (κ3) is 33.5. The Morgan fingerprint density at radius 3 is 0.778 bits per heavy atom. The van der Waals surface area contributed by atoms with Gasteiger partial charge in [-0.1, -0.05) is 199 Å². The van der Waals surface area contributed by atoms with Crippen molar-refractivity contribution in [2.75, 3.05) is 0 Å². The van der Waals surface area contributed by atoms with Crippen LogP contribution in [0.25, 0.3) is 0 Å². The summed E-state index contributed by atoms with van der Waals surface area (Å²) in [5.41, 5.74) is 0. The zero-order valence-electron chi connectivity index (χ0n) is 25.5. The van der Waals surface area contributed by atoms with Crippen LogP contribution in [0.5, 0.6) is 0 Å². The molecule has 0 fully saturated rings. The summed E-state index contributed by atoms with van der Waals surface area (Å²) in [4.78, 5) is 0. The predicted molar refractivity (Wildman–Crippen MR) is 168 cm³/mol. The molecule has 0 aliphatic carbocycles. The van der Waals surface area contributed by atoms with E-state index in [1.54, 1.807) is 0 Å². The molecule has 0 unspecified atom stereocenters. The monoisotopic (exact) mass is 503 g/mol. The van der Waals surface area contributed by atoms with Gasteiger partial charge in [0.25, 0.3) is 0 Å². The Morgan fingerprint density at radius 2 is 0.472 bits per heavy atom. The number of hydrogen-bond donors (Lipinski definition) is 0. The number of hydrogen-bond acceptors (Lipinski definition) is 0. The van der Waals surface area contributed by atoms with Gasteiger partial charge in [0.05, 0.1) is 0 Å². The van der Waals surface area contributed by atoms with E-state index in [0.717, 1.165) is 6.42 Å². The van der Waals surface area contributed by atoms with Crippen LogP contribution in [-0.4, -0.2) is 0 Å². The molecule has 0 heterocycles. The first-order valence-corrected chi connectivity index (χ1v) is 17.2. The van der Waals surface area contributed by atoms with Crippen molar-refractivity contribution in [2.45, 2.75) is 206 Å². The van der Waals surface area contributed by atoms with Crippen LogP contribution in [-0.2, 0) is 0 Å². The summed E-state index contributed by atoms with van der Waals surface area (Å²) >= 11 is 0. The maximum atomic E-state index is 2.40. The van der Waals surface area contributed by atoms with E-state index >= 15 is 0 Å². The van der Waals surface area contributed by atoms with Crippen LogP contribution in [0.3, 0.4) is 0 Å². The molecular formula is C36H70. The smallest absolute Gasteiger partial charge is 0.0169 e. The van der Waals surface area contributed by atoms with Gasteiger partial charge in [0, 0.05) is 0 Å². The van der Waals surface area contributed by atoms with Gasteiger partial charge in [-0.15, -0.1) is 0 Å². The van der Waals surface area contributed by atoms with Crippen LogP contribution in [0.15, 0.2) is 24.3 Å². The lowest BCUT2D eigenvalue weighted by Crippen LogP contribution is -1.84. The predicted octanol–water partition coefficient (Wildman–Crippen LogP) is 13.8. The second-order valence-electron chi connectivity index (χ2n) is 11.6. The van der Waals surface area contributed by atoms with Gasteiger partial charge in [-0.3, -0.25) is 0 Å². The van der Waals surface area contributed by atoms with Gasteiger partial charge in [0.2, 0.25) is 0 Å². The Hall–Kier alpha value is -0.520. The molecule has 36 heavy (non-hydrogen) atoms. The van der Waals surface area contributed by atoms with Crippen molar-refractivity contribution in [3.8, 4) is 0 Å². The summed E-state index contributed by atoms with van der Waals surface area (Å²) in [6, 6.07) is 0. The van der Waals surface area contributed by atoms with Gasteiger partial charge in [-0.25, -0.2) is 0 Å². The number of rotatable bonds is 31. The fourth-order valence-electron chi connectivity index (χ4n) is 5.24. The van der Waals surface area contributed by atoms with Crippen LogP contribution < -0.4 is 0 Å². The van der Waals surface area contributed by atoms with Crippen LogP contribution in [0.1, 0.15) is 206 Å². The molecule has 0 aromatic rings. The highest BCUT2D eigenvalue weighted by atomic mass is 14.0. The minimum Gasteiger partial charge on any atom is -0.0882 e. The van der Waals surface area contributed by atoms with Crippen molar-refractivity contribution >= 4 is 0 Å². The molecule has 0 amide bonds. The van der Waals surface area contributed by atoms with E-state index in [1.165, 1.54) is 186 Å². The minimum absolute atomic E-state index is 1.13. The third-order valence-corrected chi connectivity index (χ3v) is 7.80. The lowest BCUT2D eigenvalue weighted by atomic mass is 10.0. The average Bonchev–Trinajstić information content (AvgIpc) is 2.89. The van der Waals surface area contributed by atoms with Crippen molar-refractivity contribution in [2.24, 2.45) is 0 Å². The van der Waals surface area contributed by atoms with Crippen molar-refractivity contribution in [3.63, 3.8) is 0 Å². The van der Waals surface area contributed by atoms with E-state index in [2.05, 4.69) is 38.2 Å². The van der Waals surface area contributed by atoms with Crippen molar-refractivity contribution < 1.29 is 0 Å². The van der Waals surface area contributed by atoms with Crippen LogP contribution >= 0.6 is 0 Å². The zero-order valence-corrected chi connectivity index (χ0v) is 25.5. The summed E-state index contributed by atoms with van der Waals surface area (Å²) < 4.78 is 0. The summed E-state index contributed by atoms with van der Waals surface area (Å²) in [6.07, 6.45) is 52.4. The van der Waals surface area contributed by atoms with E-state index in [4.69, 9.17) is 0 Å². The number of unbranched alkanes of at least 4 members (excludes halogenated alkanes) is 27. The van der Waals surface area contributed by atoms with E-state index in [0.29, 0.717) is 0 Å². The second-order valence-corrected chi connectivity index (χ2v) is 11.6. The van der Waals surface area contributed by atoms with Crippen molar-refractivity contribution in [3.05, 3.63) is 24.3 Å². The Kier molecular flexibility index (Phi) is 34.0. The van der Waals surface area contributed by atoms with Crippen LogP contribution in [0, 0.1) is 0 Å². The van der Waals surface area contributed by atoms with E-state index in [9.17, 15) is 0 Å². The molecule has 0 radical (unpaired) electrons. The molecule has 0 aromatic heterocycles. The number of allylic oxidation sites excluding steroid dienone is 4. The fraction of sp³-hybridized carbons (Fsp3) is 0.889. The molecule has 0 spiro atoms. The van der Waals surface area contributed by atoms with Crippen LogP contribution in [0.4, 0.5) is 0 Å². The summed E-state index contributed by atoms with van der Waals surface area (Å²) in [7, 11) is 0. The molecule has 0 heteroatoms. The highest BCUT2D eigenvalue weighted by Gasteiger charge is 1.96. The molecule has 0 aromatic carbocycles. The van der Waals surface area contributed by atoms with Crippen LogP contribution in [0.2, 0.25) is 0 Å². The van der Waals surface area contributed by atoms with Gasteiger partial charge in [0.1, 0.15) is 0 Å². The maximum absolute atomic E-state index is 2.40. The molecule has 0 saturated carbocycles. The average molecular weight is 503 g/mol. The Labute approximate surface area is 230 Å². The fourth-order valence-corrected chi connectivity index (χ4v) is 5.24. The lowest BCUT2D eigenvalue weighted by Gasteiger charge is -2.04. The maximum Gasteiger partial charge on any atom is -0.0169 e. The normalized spacial score (nSPS) is 11.9. The van der Waals surface area contributed by atoms with Crippen molar-refractivity contribution in [1.82, 2.24) is 0 Å². The summed E-state index contributed by atoms with van der Waals surface area (Å²) in [6.45, 7) is 4.58. The molecule has 0 nitrogen and oxygen atoms in total. The third-order valence-electron chi connectivity index (χ3n) is 7.80. The summed E-state index contributed by atoms with van der Waals surface area (Å²) in [5.74, 6) is 0. The molecule has 0 bridgehead atoms. The van der Waals surface area contributed by atoms with Gasteiger partial charge >= 0.3 is 0 Å². The van der Waals surface area contributed by atoms with E-state index in [-0.39, 0.29) is 0 Å².